The summed E-state index contributed by atoms with van der Waals surface area (Å²) in [6.45, 7) is 8.06. The maximum Gasteiger partial charge on any atom is 0.0594 e. The Kier molecular flexibility index (Phi) is 5.03. The molecule has 0 amide bonds. The van der Waals surface area contributed by atoms with E-state index in [-0.39, 0.29) is 0 Å². The van der Waals surface area contributed by atoms with Crippen molar-refractivity contribution in [2.75, 3.05) is 32.8 Å². The summed E-state index contributed by atoms with van der Waals surface area (Å²) in [4.78, 5) is 5.67. The number of hydrogen-bond donors (Lipinski definition) is 2. The lowest BCUT2D eigenvalue weighted by Gasteiger charge is -2.29. The van der Waals surface area contributed by atoms with E-state index in [4.69, 9.17) is 4.74 Å². The van der Waals surface area contributed by atoms with Gasteiger partial charge >= 0.3 is 0 Å². The van der Waals surface area contributed by atoms with Crippen LogP contribution in [0.1, 0.15) is 12.6 Å². The molecule has 0 radical (unpaired) electrons. The SMILES string of the molecule is CC(CN1CCOCC1)NCc1cc(Br)c[nH]1. The van der Waals surface area contributed by atoms with Crippen molar-refractivity contribution in [3.63, 3.8) is 0 Å². The molecule has 96 valence electrons. The molecule has 1 aromatic rings. The van der Waals surface area contributed by atoms with Crippen molar-refractivity contribution in [3.05, 3.63) is 22.4 Å². The van der Waals surface area contributed by atoms with E-state index in [0.29, 0.717) is 6.04 Å². The number of hydrogen-bond acceptors (Lipinski definition) is 3. The van der Waals surface area contributed by atoms with E-state index in [9.17, 15) is 0 Å². The van der Waals surface area contributed by atoms with Crippen LogP contribution in [-0.2, 0) is 11.3 Å². The fraction of sp³-hybridized carbons (Fsp3) is 0.667. The molecule has 0 bridgehead atoms. The Hall–Kier alpha value is -0.360. The minimum Gasteiger partial charge on any atom is -0.379 e. The van der Waals surface area contributed by atoms with Crippen LogP contribution < -0.4 is 5.32 Å². The second-order valence-electron chi connectivity index (χ2n) is 4.54. The molecule has 1 aromatic heterocycles. The van der Waals surface area contributed by atoms with Crippen LogP contribution in [0.5, 0.6) is 0 Å². The lowest BCUT2D eigenvalue weighted by molar-refractivity contribution is 0.0343. The van der Waals surface area contributed by atoms with Crippen molar-refractivity contribution in [3.8, 4) is 0 Å². The van der Waals surface area contributed by atoms with E-state index >= 15 is 0 Å². The van der Waals surface area contributed by atoms with Crippen LogP contribution in [0.25, 0.3) is 0 Å². The number of nitrogens with zero attached hydrogens (tertiary/aromatic N) is 1. The van der Waals surface area contributed by atoms with Gasteiger partial charge in [-0.1, -0.05) is 0 Å². The van der Waals surface area contributed by atoms with Gasteiger partial charge in [0, 0.05) is 48.6 Å². The Bertz CT molecular complexity index is 336. The van der Waals surface area contributed by atoms with Crippen molar-refractivity contribution in [1.29, 1.82) is 0 Å². The minimum atomic E-state index is 0.496. The largest absolute Gasteiger partial charge is 0.379 e. The Morgan fingerprint density at radius 3 is 2.94 bits per heavy atom. The van der Waals surface area contributed by atoms with Gasteiger partial charge in [0.05, 0.1) is 13.2 Å². The number of ether oxygens (including phenoxy) is 1. The highest BCUT2D eigenvalue weighted by atomic mass is 79.9. The summed E-state index contributed by atoms with van der Waals surface area (Å²) in [5, 5.41) is 3.52. The molecule has 1 saturated heterocycles. The quantitative estimate of drug-likeness (QED) is 0.868. The number of nitrogens with one attached hydrogen (secondary N) is 2. The summed E-state index contributed by atoms with van der Waals surface area (Å²) in [6, 6.07) is 2.60. The molecule has 0 saturated carbocycles. The van der Waals surface area contributed by atoms with E-state index in [0.717, 1.165) is 43.9 Å². The summed E-state index contributed by atoms with van der Waals surface area (Å²) in [7, 11) is 0. The van der Waals surface area contributed by atoms with Crippen LogP contribution in [-0.4, -0.2) is 48.8 Å². The first-order valence-electron chi connectivity index (χ1n) is 6.10. The van der Waals surface area contributed by atoms with Gasteiger partial charge in [-0.25, -0.2) is 0 Å². The van der Waals surface area contributed by atoms with Crippen LogP contribution in [0.2, 0.25) is 0 Å². The second kappa shape index (κ2) is 6.54. The van der Waals surface area contributed by atoms with Gasteiger partial charge in [0.15, 0.2) is 0 Å². The molecule has 1 atom stereocenters. The first-order chi connectivity index (χ1) is 8.24. The number of halogens is 1. The van der Waals surface area contributed by atoms with Crippen LogP contribution in [0.15, 0.2) is 16.7 Å². The van der Waals surface area contributed by atoms with Gasteiger partial charge in [0.2, 0.25) is 0 Å². The van der Waals surface area contributed by atoms with E-state index in [1.807, 2.05) is 6.20 Å². The molecule has 2 N–H and O–H groups in total. The Labute approximate surface area is 111 Å². The number of morpholine rings is 1. The fourth-order valence-electron chi connectivity index (χ4n) is 2.03. The molecule has 0 aromatic carbocycles. The number of aromatic amines is 1. The van der Waals surface area contributed by atoms with Crippen molar-refractivity contribution in [2.45, 2.75) is 19.5 Å². The molecule has 1 aliphatic rings. The van der Waals surface area contributed by atoms with E-state index in [1.165, 1.54) is 5.69 Å². The van der Waals surface area contributed by atoms with Crippen molar-refractivity contribution in [2.24, 2.45) is 0 Å². The van der Waals surface area contributed by atoms with E-state index in [2.05, 4.69) is 44.1 Å². The average Bonchev–Trinajstić information content (AvgIpc) is 2.74. The summed E-state index contributed by atoms with van der Waals surface area (Å²) in [6.07, 6.45) is 1.96. The predicted molar refractivity (Wildman–Crippen MR) is 72.1 cm³/mol. The maximum absolute atomic E-state index is 5.34. The van der Waals surface area contributed by atoms with Crippen molar-refractivity contribution in [1.82, 2.24) is 15.2 Å². The van der Waals surface area contributed by atoms with Gasteiger partial charge in [-0.15, -0.1) is 0 Å². The summed E-state index contributed by atoms with van der Waals surface area (Å²) in [5.41, 5.74) is 1.21. The molecule has 17 heavy (non-hydrogen) atoms. The highest BCUT2D eigenvalue weighted by Gasteiger charge is 2.13. The molecule has 2 heterocycles. The molecule has 0 aliphatic carbocycles. The van der Waals surface area contributed by atoms with Crippen LogP contribution in [0, 0.1) is 0 Å². The van der Waals surface area contributed by atoms with Crippen LogP contribution in [0.3, 0.4) is 0 Å². The standard InChI is InChI=1S/C12H20BrN3O/c1-10(9-16-2-4-17-5-3-16)14-8-12-6-11(13)7-15-12/h6-7,10,14-15H,2-5,8-9H2,1H3. The molecule has 1 unspecified atom stereocenters. The summed E-state index contributed by atoms with van der Waals surface area (Å²) < 4.78 is 6.45. The van der Waals surface area contributed by atoms with Gasteiger partial charge < -0.3 is 15.0 Å². The van der Waals surface area contributed by atoms with Gasteiger partial charge in [-0.05, 0) is 28.9 Å². The number of aromatic nitrogens is 1. The fourth-order valence-corrected chi connectivity index (χ4v) is 2.42. The average molecular weight is 302 g/mol. The van der Waals surface area contributed by atoms with Gasteiger partial charge in [0.1, 0.15) is 0 Å². The van der Waals surface area contributed by atoms with Gasteiger partial charge in [0.25, 0.3) is 0 Å². The number of H-pyrrole nitrogens is 1. The van der Waals surface area contributed by atoms with Crippen molar-refractivity contribution >= 4 is 15.9 Å². The molecule has 4 nitrogen and oxygen atoms in total. The first-order valence-corrected chi connectivity index (χ1v) is 6.89. The first kappa shape index (κ1) is 13.1. The normalized spacial score (nSPS) is 19.4. The summed E-state index contributed by atoms with van der Waals surface area (Å²) >= 11 is 3.44. The van der Waals surface area contributed by atoms with E-state index < -0.39 is 0 Å². The zero-order valence-electron chi connectivity index (χ0n) is 10.2. The molecule has 1 aliphatic heterocycles. The summed E-state index contributed by atoms with van der Waals surface area (Å²) in [5.74, 6) is 0. The van der Waals surface area contributed by atoms with Crippen molar-refractivity contribution < 1.29 is 4.74 Å². The maximum atomic E-state index is 5.34. The molecule has 2 rings (SSSR count). The third-order valence-electron chi connectivity index (χ3n) is 2.98. The van der Waals surface area contributed by atoms with Gasteiger partial charge in [-0.3, -0.25) is 4.90 Å². The highest BCUT2D eigenvalue weighted by molar-refractivity contribution is 9.10. The minimum absolute atomic E-state index is 0.496. The highest BCUT2D eigenvalue weighted by Crippen LogP contribution is 2.10. The third kappa shape index (κ3) is 4.43. The lowest BCUT2D eigenvalue weighted by atomic mass is 10.2. The zero-order valence-corrected chi connectivity index (χ0v) is 11.8. The van der Waals surface area contributed by atoms with Gasteiger partial charge in [-0.2, -0.15) is 0 Å². The lowest BCUT2D eigenvalue weighted by Crippen LogP contribution is -2.44. The topological polar surface area (TPSA) is 40.3 Å². The second-order valence-corrected chi connectivity index (χ2v) is 5.45. The molecular formula is C12H20BrN3O. The molecule has 1 fully saturated rings. The van der Waals surface area contributed by atoms with E-state index in [1.54, 1.807) is 0 Å². The molecule has 5 heteroatoms. The Morgan fingerprint density at radius 1 is 1.53 bits per heavy atom. The Morgan fingerprint density at radius 2 is 2.29 bits per heavy atom. The number of rotatable bonds is 5. The zero-order chi connectivity index (χ0) is 12.1. The monoisotopic (exact) mass is 301 g/mol. The Balaban J connectivity index is 1.68. The predicted octanol–water partition coefficient (Wildman–Crippen LogP) is 1.59. The van der Waals surface area contributed by atoms with Crippen LogP contribution in [0.4, 0.5) is 0 Å². The molecule has 0 spiro atoms. The smallest absolute Gasteiger partial charge is 0.0594 e. The third-order valence-corrected chi connectivity index (χ3v) is 3.44. The molecular weight excluding hydrogens is 282 g/mol. The van der Waals surface area contributed by atoms with Crippen LogP contribution >= 0.6 is 15.9 Å².